The molecule has 1 unspecified atom stereocenters. The Morgan fingerprint density at radius 2 is 2.32 bits per heavy atom. The van der Waals surface area contributed by atoms with Gasteiger partial charge in [0.2, 0.25) is 0 Å². The van der Waals surface area contributed by atoms with E-state index in [9.17, 15) is 4.79 Å². The molecule has 0 saturated carbocycles. The monoisotopic (exact) mass is 437 g/mol. The molecule has 0 aliphatic carbocycles. The van der Waals surface area contributed by atoms with Crippen molar-refractivity contribution in [2.24, 2.45) is 0 Å². The average molecular weight is 438 g/mol. The number of benzene rings is 1. The molecule has 1 aliphatic rings. The van der Waals surface area contributed by atoms with Gasteiger partial charge in [-0.05, 0) is 56.2 Å². The lowest BCUT2D eigenvalue weighted by molar-refractivity contribution is 0.0667. The number of H-pyrrole nitrogens is 1. The smallest absolute Gasteiger partial charge is 0.289 e. The summed E-state index contributed by atoms with van der Waals surface area (Å²) in [5.41, 5.74) is 1.19. The Kier molecular flexibility index (Phi) is 6.18. The van der Waals surface area contributed by atoms with Gasteiger partial charge in [0.1, 0.15) is 18.2 Å². The third-order valence-electron chi connectivity index (χ3n) is 5.48. The molecular formula is C22H23N5O3S. The summed E-state index contributed by atoms with van der Waals surface area (Å²) < 4.78 is 13.9. The Bertz CT molecular complexity index is 1170. The quantitative estimate of drug-likeness (QED) is 0.585. The van der Waals surface area contributed by atoms with Crippen molar-refractivity contribution in [2.45, 2.75) is 38.8 Å². The van der Waals surface area contributed by atoms with Crippen LogP contribution in [0.2, 0.25) is 0 Å². The van der Waals surface area contributed by atoms with E-state index >= 15 is 0 Å². The van der Waals surface area contributed by atoms with Crippen molar-refractivity contribution >= 4 is 18.1 Å². The number of furan rings is 1. The summed E-state index contributed by atoms with van der Waals surface area (Å²) in [7, 11) is 0. The molecule has 3 aromatic rings. The molecule has 0 radical (unpaired) electrons. The maximum Gasteiger partial charge on any atom is 0.289 e. The molecule has 4 rings (SSSR count). The van der Waals surface area contributed by atoms with Crippen LogP contribution in [-0.2, 0) is 13.2 Å². The third-order valence-corrected chi connectivity index (χ3v) is 5.79. The number of aromatic nitrogens is 3. The number of nitrogens with zero attached hydrogens (tertiary/aromatic N) is 4. The molecule has 1 N–H and O–H groups in total. The van der Waals surface area contributed by atoms with Gasteiger partial charge in [0.25, 0.3) is 5.91 Å². The molecule has 0 bridgehead atoms. The fraction of sp³-hybridized carbons (Fsp3) is 0.364. The number of rotatable bonds is 6. The largest absolute Gasteiger partial charge is 0.489 e. The number of piperidine rings is 1. The minimum atomic E-state index is -0.156. The molecule has 3 heterocycles. The van der Waals surface area contributed by atoms with E-state index in [2.05, 4.69) is 16.3 Å². The highest BCUT2D eigenvalue weighted by atomic mass is 32.1. The van der Waals surface area contributed by atoms with Gasteiger partial charge in [-0.25, -0.2) is 0 Å². The van der Waals surface area contributed by atoms with Gasteiger partial charge in [0.15, 0.2) is 10.5 Å². The lowest BCUT2D eigenvalue weighted by atomic mass is 9.96. The molecule has 1 aromatic carbocycles. The molecule has 1 saturated heterocycles. The second-order valence-corrected chi connectivity index (χ2v) is 7.81. The molecule has 1 atom stereocenters. The van der Waals surface area contributed by atoms with E-state index in [4.69, 9.17) is 26.6 Å². The Labute approximate surface area is 185 Å². The Hall–Kier alpha value is -3.38. The van der Waals surface area contributed by atoms with Crippen LogP contribution in [0.4, 0.5) is 0 Å². The van der Waals surface area contributed by atoms with E-state index in [-0.39, 0.29) is 24.2 Å². The summed E-state index contributed by atoms with van der Waals surface area (Å²) in [5.74, 6) is 1.71. The van der Waals surface area contributed by atoms with Crippen LogP contribution in [0.1, 0.15) is 53.2 Å². The number of amides is 1. The van der Waals surface area contributed by atoms with Crippen molar-refractivity contribution in [1.82, 2.24) is 19.7 Å². The van der Waals surface area contributed by atoms with Crippen LogP contribution >= 0.6 is 12.2 Å². The highest BCUT2D eigenvalue weighted by Crippen LogP contribution is 2.28. The number of aromatic amines is 1. The third kappa shape index (κ3) is 4.39. The Morgan fingerprint density at radius 3 is 3.13 bits per heavy atom. The summed E-state index contributed by atoms with van der Waals surface area (Å²) in [4.78, 5) is 15.0. The summed E-state index contributed by atoms with van der Waals surface area (Å²) in [5, 5.41) is 16.3. The van der Waals surface area contributed by atoms with E-state index in [0.717, 1.165) is 25.2 Å². The van der Waals surface area contributed by atoms with Crippen molar-refractivity contribution in [3.8, 4) is 11.8 Å². The first-order valence-corrected chi connectivity index (χ1v) is 10.6. The molecule has 0 spiro atoms. The van der Waals surface area contributed by atoms with Crippen molar-refractivity contribution in [1.29, 1.82) is 5.26 Å². The fourth-order valence-corrected chi connectivity index (χ4v) is 4.18. The number of nitrogens with one attached hydrogen (secondary N) is 1. The van der Waals surface area contributed by atoms with Gasteiger partial charge >= 0.3 is 0 Å². The van der Waals surface area contributed by atoms with Crippen LogP contribution in [0.25, 0.3) is 0 Å². The predicted octanol–water partition coefficient (Wildman–Crippen LogP) is 4.02. The van der Waals surface area contributed by atoms with Crippen molar-refractivity contribution in [2.75, 3.05) is 13.1 Å². The highest BCUT2D eigenvalue weighted by molar-refractivity contribution is 7.71. The normalized spacial score (nSPS) is 16.1. The molecule has 8 nitrogen and oxygen atoms in total. The summed E-state index contributed by atoms with van der Waals surface area (Å²) >= 11 is 5.31. The zero-order chi connectivity index (χ0) is 21.8. The molecule has 1 fully saturated rings. The minimum Gasteiger partial charge on any atom is -0.489 e. The second-order valence-electron chi connectivity index (χ2n) is 7.42. The average Bonchev–Trinajstić information content (AvgIpc) is 3.43. The first-order chi connectivity index (χ1) is 15.1. The van der Waals surface area contributed by atoms with Gasteiger partial charge in [0, 0.05) is 31.1 Å². The maximum atomic E-state index is 13.2. The molecule has 1 aliphatic heterocycles. The van der Waals surface area contributed by atoms with Crippen LogP contribution in [0.3, 0.4) is 0 Å². The van der Waals surface area contributed by atoms with Gasteiger partial charge in [-0.1, -0.05) is 6.07 Å². The van der Waals surface area contributed by atoms with Gasteiger partial charge in [-0.2, -0.15) is 10.4 Å². The molecular weight excluding hydrogens is 414 g/mol. The van der Waals surface area contributed by atoms with Crippen LogP contribution < -0.4 is 4.74 Å². The Morgan fingerprint density at radius 1 is 1.45 bits per heavy atom. The number of nitriles is 1. The summed E-state index contributed by atoms with van der Waals surface area (Å²) in [6.07, 6.45) is 3.33. The number of carbonyl (C=O) groups excluding carboxylic acids is 1. The van der Waals surface area contributed by atoms with Crippen LogP contribution in [0.15, 0.2) is 41.0 Å². The van der Waals surface area contributed by atoms with E-state index in [1.165, 1.54) is 6.26 Å². The molecule has 1 amide bonds. The lowest BCUT2D eigenvalue weighted by Gasteiger charge is -2.32. The first-order valence-electron chi connectivity index (χ1n) is 10.2. The van der Waals surface area contributed by atoms with Crippen LogP contribution in [0, 0.1) is 16.1 Å². The first kappa shape index (κ1) is 20.9. The topological polar surface area (TPSA) is 100 Å². The van der Waals surface area contributed by atoms with Gasteiger partial charge in [-0.3, -0.25) is 9.89 Å². The van der Waals surface area contributed by atoms with Crippen LogP contribution in [0.5, 0.6) is 5.75 Å². The summed E-state index contributed by atoms with van der Waals surface area (Å²) in [6.45, 7) is 4.17. The van der Waals surface area contributed by atoms with E-state index < -0.39 is 0 Å². The molecule has 2 aromatic heterocycles. The zero-order valence-electron chi connectivity index (χ0n) is 17.2. The number of hydrogen-bond acceptors (Lipinski definition) is 6. The van der Waals surface area contributed by atoms with Gasteiger partial charge < -0.3 is 18.6 Å². The molecule has 9 heteroatoms. The summed E-state index contributed by atoms with van der Waals surface area (Å²) in [6, 6.07) is 10.7. The lowest BCUT2D eigenvalue weighted by Crippen LogP contribution is -2.40. The van der Waals surface area contributed by atoms with E-state index in [1.54, 1.807) is 30.3 Å². The molecule has 160 valence electrons. The van der Waals surface area contributed by atoms with Crippen molar-refractivity contribution < 1.29 is 13.9 Å². The maximum absolute atomic E-state index is 13.2. The number of carbonyl (C=O) groups is 1. The number of ether oxygens (including phenoxy) is 1. The van der Waals surface area contributed by atoms with E-state index in [0.29, 0.717) is 34.7 Å². The second kappa shape index (κ2) is 9.18. The Balaban J connectivity index is 1.46. The number of hydrogen-bond donors (Lipinski definition) is 1. The van der Waals surface area contributed by atoms with E-state index in [1.807, 2.05) is 16.4 Å². The van der Waals surface area contributed by atoms with Crippen LogP contribution in [-0.4, -0.2) is 38.7 Å². The standard InChI is InChI=1S/C22H23N5O3S/c1-2-27-20(24-25-22(27)31)16-6-4-9-26(13-16)21(28)19-17(8-10-29-19)14-30-18-7-3-5-15(11-18)12-23/h3,5,7-8,10-11,16H,2,4,6,9,13-14H2,1H3,(H,25,31). The number of likely N-dealkylation sites (tertiary alicyclic amines) is 1. The molecule has 31 heavy (non-hydrogen) atoms. The fourth-order valence-electron chi connectivity index (χ4n) is 3.92. The van der Waals surface area contributed by atoms with Gasteiger partial charge in [0.05, 0.1) is 17.9 Å². The predicted molar refractivity (Wildman–Crippen MR) is 115 cm³/mol. The van der Waals surface area contributed by atoms with Crippen molar-refractivity contribution in [3.63, 3.8) is 0 Å². The minimum absolute atomic E-state index is 0.119. The van der Waals surface area contributed by atoms with Crippen molar-refractivity contribution in [3.05, 3.63) is 64.1 Å². The highest BCUT2D eigenvalue weighted by Gasteiger charge is 2.30. The van der Waals surface area contributed by atoms with Gasteiger partial charge in [-0.15, -0.1) is 0 Å². The SMILES string of the molecule is CCn1c(C2CCCN(C(=O)c3occc3COc3cccc(C#N)c3)C2)n[nH]c1=S. The zero-order valence-corrected chi connectivity index (χ0v) is 18.0.